The molecule has 0 aliphatic carbocycles. The average Bonchev–Trinajstić information content (AvgIpc) is 3.68. The molecule has 0 aromatic heterocycles. The summed E-state index contributed by atoms with van der Waals surface area (Å²) in [4.78, 5) is 88.2. The maximum absolute atomic E-state index is 14.4. The Balaban J connectivity index is 1.72. The van der Waals surface area contributed by atoms with E-state index in [1.54, 1.807) is 48.5 Å². The Kier molecular flexibility index (Phi) is 15.5. The lowest BCUT2D eigenvalue weighted by Crippen LogP contribution is -2.60. The summed E-state index contributed by atoms with van der Waals surface area (Å²) in [6, 6.07) is 10.7. The van der Waals surface area contributed by atoms with Crippen LogP contribution in [0.2, 0.25) is 0 Å². The van der Waals surface area contributed by atoms with Gasteiger partial charge in [0.15, 0.2) is 6.10 Å². The minimum atomic E-state index is -1.30. The lowest BCUT2D eigenvalue weighted by molar-refractivity contribution is -0.166. The van der Waals surface area contributed by atoms with E-state index in [1.807, 2.05) is 26.8 Å². The summed E-state index contributed by atoms with van der Waals surface area (Å²) in [6.45, 7) is 12.9. The molecule has 2 aromatic rings. The van der Waals surface area contributed by atoms with Gasteiger partial charge in [-0.1, -0.05) is 74.9 Å². The zero-order valence-corrected chi connectivity index (χ0v) is 34.2. The Labute approximate surface area is 335 Å². The Bertz CT molecular complexity index is 1740. The summed E-state index contributed by atoms with van der Waals surface area (Å²) < 4.78 is 11.7. The van der Waals surface area contributed by atoms with E-state index < -0.39 is 71.8 Å². The number of alkyl halides is 1. The average molecular weight is 794 g/mol. The number of cyclic esters (lactones) is 1. The molecule has 0 spiro atoms. The van der Waals surface area contributed by atoms with Crippen molar-refractivity contribution in [3.63, 3.8) is 0 Å². The van der Waals surface area contributed by atoms with Crippen LogP contribution in [-0.2, 0) is 46.3 Å². The normalized spacial score (nSPS) is 25.7. The SMILES string of the molecule is C=C(C)C(Cl)COc1ccc(CC2NC(=O)C(C(C)CC)N(C)C(=O)C(C)NC(=O)C3CCCN3C(=O)C(Cc3ccccc3)OC(=O)C(C)N(C)C2=O)cc1. The molecule has 0 radical (unpaired) electrons. The smallest absolute Gasteiger partial charge is 0.329 e. The first-order chi connectivity index (χ1) is 26.5. The number of esters is 1. The molecule has 2 aliphatic heterocycles. The number of ether oxygens (including phenoxy) is 2. The van der Waals surface area contributed by atoms with Crippen molar-refractivity contribution in [3.05, 3.63) is 77.9 Å². The van der Waals surface area contributed by atoms with Gasteiger partial charge in [-0.15, -0.1) is 11.6 Å². The quantitative estimate of drug-likeness (QED) is 0.210. The highest BCUT2D eigenvalue weighted by Crippen LogP contribution is 2.23. The number of halogens is 1. The lowest BCUT2D eigenvalue weighted by atomic mass is 9.95. The number of rotatable bonds is 10. The van der Waals surface area contributed by atoms with Crippen molar-refractivity contribution in [2.24, 2.45) is 5.92 Å². The minimum absolute atomic E-state index is 0.0314. The maximum Gasteiger partial charge on any atom is 0.329 e. The van der Waals surface area contributed by atoms with Gasteiger partial charge in [-0.3, -0.25) is 24.0 Å². The fourth-order valence-corrected chi connectivity index (χ4v) is 6.97. The highest BCUT2D eigenvalue weighted by atomic mass is 35.5. The van der Waals surface area contributed by atoms with Gasteiger partial charge in [0, 0.05) is 33.5 Å². The Morgan fingerprint density at radius 3 is 2.16 bits per heavy atom. The van der Waals surface area contributed by atoms with E-state index in [4.69, 9.17) is 21.1 Å². The molecule has 0 bridgehead atoms. The van der Waals surface area contributed by atoms with Gasteiger partial charge in [0.2, 0.25) is 23.6 Å². The molecule has 4 rings (SSSR count). The molecule has 14 heteroatoms. The second-order valence-corrected chi connectivity index (χ2v) is 15.5. The predicted molar refractivity (Wildman–Crippen MR) is 213 cm³/mol. The molecule has 304 valence electrons. The number of amides is 5. The van der Waals surface area contributed by atoms with Crippen molar-refractivity contribution in [1.29, 1.82) is 0 Å². The topological polar surface area (TPSA) is 155 Å². The van der Waals surface area contributed by atoms with Gasteiger partial charge in [-0.2, -0.15) is 0 Å². The van der Waals surface area contributed by atoms with Crippen LogP contribution in [0.1, 0.15) is 65.0 Å². The third-order valence-electron chi connectivity index (χ3n) is 10.8. The summed E-state index contributed by atoms with van der Waals surface area (Å²) in [5.41, 5.74) is 2.18. The van der Waals surface area contributed by atoms with Crippen LogP contribution in [0, 0.1) is 5.92 Å². The lowest BCUT2D eigenvalue weighted by Gasteiger charge is -2.36. The van der Waals surface area contributed by atoms with Gasteiger partial charge in [0.05, 0.1) is 5.38 Å². The molecule has 2 aliphatic rings. The summed E-state index contributed by atoms with van der Waals surface area (Å²) in [7, 11) is 2.93. The first-order valence-corrected chi connectivity index (χ1v) is 19.7. The molecule has 2 fully saturated rings. The number of carbonyl (C=O) groups is 6. The minimum Gasteiger partial charge on any atom is -0.492 e. The second kappa shape index (κ2) is 19.8. The molecular formula is C42H56ClN5O8. The number of nitrogens with zero attached hydrogens (tertiary/aromatic N) is 3. The molecular weight excluding hydrogens is 738 g/mol. The molecule has 2 saturated heterocycles. The maximum atomic E-state index is 14.4. The van der Waals surface area contributed by atoms with E-state index >= 15 is 0 Å². The van der Waals surface area contributed by atoms with Crippen molar-refractivity contribution in [2.45, 2.75) is 108 Å². The molecule has 0 saturated carbocycles. The standard InChI is InChI=1S/C42H56ClN5O8/c1-9-26(4)36-38(50)45-33(22-30-17-19-31(20-18-30)55-24-32(43)25(2)3)40(52)46(7)28(6)42(54)56-35(23-29-14-11-10-12-15-29)41(53)48-21-13-16-34(48)37(49)44-27(5)39(51)47(36)8/h10-12,14-15,17-20,26-28,32-36H,2,9,13,16,21-24H2,1,3-8H3,(H,44,49)(H,45,50). The van der Waals surface area contributed by atoms with Gasteiger partial charge < -0.3 is 34.8 Å². The number of carbonyl (C=O) groups excluding carboxylic acids is 6. The molecule has 2 aromatic carbocycles. The van der Waals surface area contributed by atoms with Crippen molar-refractivity contribution in [2.75, 3.05) is 27.2 Å². The van der Waals surface area contributed by atoms with Crippen molar-refractivity contribution < 1.29 is 38.2 Å². The van der Waals surface area contributed by atoms with Crippen LogP contribution < -0.4 is 15.4 Å². The first kappa shape index (κ1) is 43.8. The number of hydrogen-bond acceptors (Lipinski definition) is 8. The van der Waals surface area contributed by atoms with Crippen LogP contribution in [0.15, 0.2) is 66.7 Å². The fourth-order valence-electron chi connectivity index (χ4n) is 6.91. The molecule has 56 heavy (non-hydrogen) atoms. The van der Waals surface area contributed by atoms with Crippen LogP contribution in [0.5, 0.6) is 5.75 Å². The number of nitrogens with one attached hydrogen (secondary N) is 2. The molecule has 8 unspecified atom stereocenters. The van der Waals surface area contributed by atoms with Gasteiger partial charge in [-0.05, 0) is 62.8 Å². The van der Waals surface area contributed by atoms with Crippen molar-refractivity contribution in [1.82, 2.24) is 25.3 Å². The van der Waals surface area contributed by atoms with E-state index in [0.717, 1.165) is 11.1 Å². The summed E-state index contributed by atoms with van der Waals surface area (Å²) in [5.74, 6) is -3.35. The Morgan fingerprint density at radius 2 is 1.54 bits per heavy atom. The molecule has 2 heterocycles. The Morgan fingerprint density at radius 1 is 0.893 bits per heavy atom. The van der Waals surface area contributed by atoms with Gasteiger partial charge in [-0.25, -0.2) is 4.79 Å². The van der Waals surface area contributed by atoms with Crippen LogP contribution in [0.3, 0.4) is 0 Å². The van der Waals surface area contributed by atoms with E-state index in [0.29, 0.717) is 30.6 Å². The molecule has 13 nitrogen and oxygen atoms in total. The highest BCUT2D eigenvalue weighted by molar-refractivity contribution is 6.22. The third-order valence-corrected chi connectivity index (χ3v) is 11.3. The number of fused-ring (bicyclic) bond motifs is 1. The van der Waals surface area contributed by atoms with Gasteiger partial charge in [0.25, 0.3) is 5.91 Å². The van der Waals surface area contributed by atoms with Crippen molar-refractivity contribution >= 4 is 47.1 Å². The zero-order chi connectivity index (χ0) is 41.3. The van der Waals surface area contributed by atoms with Crippen LogP contribution in [-0.4, -0.2) is 119 Å². The van der Waals surface area contributed by atoms with E-state index in [2.05, 4.69) is 17.2 Å². The van der Waals surface area contributed by atoms with Crippen molar-refractivity contribution in [3.8, 4) is 5.75 Å². The fraction of sp³-hybridized carbons (Fsp3) is 0.524. The molecule has 5 amide bonds. The predicted octanol–water partition coefficient (Wildman–Crippen LogP) is 3.66. The summed E-state index contributed by atoms with van der Waals surface area (Å²) in [5, 5.41) is 5.28. The second-order valence-electron chi connectivity index (χ2n) is 15.0. The zero-order valence-electron chi connectivity index (χ0n) is 33.5. The highest BCUT2D eigenvalue weighted by Gasteiger charge is 2.42. The summed E-state index contributed by atoms with van der Waals surface area (Å²) >= 11 is 6.27. The Hall–Kier alpha value is -4.91. The van der Waals surface area contributed by atoms with E-state index in [1.165, 1.54) is 42.6 Å². The van der Waals surface area contributed by atoms with Gasteiger partial charge >= 0.3 is 5.97 Å². The number of likely N-dealkylation sites (N-methyl/N-ethyl adjacent to an activating group) is 2. The van der Waals surface area contributed by atoms with E-state index in [-0.39, 0.29) is 37.3 Å². The van der Waals surface area contributed by atoms with Crippen LogP contribution in [0.25, 0.3) is 0 Å². The molecule has 8 atom stereocenters. The van der Waals surface area contributed by atoms with Gasteiger partial charge in [0.1, 0.15) is 42.6 Å². The van der Waals surface area contributed by atoms with E-state index in [9.17, 15) is 28.8 Å². The number of benzene rings is 2. The molecule has 2 N–H and O–H groups in total. The largest absolute Gasteiger partial charge is 0.492 e. The number of hydrogen-bond donors (Lipinski definition) is 2. The third kappa shape index (κ3) is 10.9. The first-order valence-electron chi connectivity index (χ1n) is 19.2. The van der Waals surface area contributed by atoms with Crippen LogP contribution in [0.4, 0.5) is 0 Å². The summed E-state index contributed by atoms with van der Waals surface area (Å²) in [6.07, 6.45) is 0.175. The monoisotopic (exact) mass is 793 g/mol. The van der Waals surface area contributed by atoms with Crippen LogP contribution >= 0.6 is 11.6 Å².